The van der Waals surface area contributed by atoms with E-state index in [1.165, 1.54) is 29.2 Å². The highest BCUT2D eigenvalue weighted by Gasteiger charge is 2.35. The molecule has 0 saturated heterocycles. The highest BCUT2D eigenvalue weighted by atomic mass is 35.5. The van der Waals surface area contributed by atoms with Crippen molar-refractivity contribution >= 4 is 62.3 Å². The number of benzene rings is 3. The predicted octanol–water partition coefficient (Wildman–Crippen LogP) is 6.87. The monoisotopic (exact) mass is 637 g/mol. The van der Waals surface area contributed by atoms with Gasteiger partial charge in [0.15, 0.2) is 0 Å². The first kappa shape index (κ1) is 32.7. The van der Waals surface area contributed by atoms with Gasteiger partial charge in [-0.2, -0.15) is 0 Å². The minimum absolute atomic E-state index is 0.0338. The molecule has 0 saturated carbocycles. The van der Waals surface area contributed by atoms with Crippen LogP contribution < -0.4 is 9.62 Å². The zero-order valence-corrected chi connectivity index (χ0v) is 26.7. The van der Waals surface area contributed by atoms with Crippen LogP contribution in [0.1, 0.15) is 45.2 Å². The first-order chi connectivity index (χ1) is 19.1. The van der Waals surface area contributed by atoms with Crippen molar-refractivity contribution in [2.75, 3.05) is 10.8 Å². The number of aryl methyl sites for hydroxylation is 1. The Morgan fingerprint density at radius 2 is 1.46 bits per heavy atom. The molecule has 2 amide bonds. The predicted molar refractivity (Wildman–Crippen MR) is 166 cm³/mol. The lowest BCUT2D eigenvalue weighted by Gasteiger charge is -2.35. The molecule has 0 heterocycles. The minimum Gasteiger partial charge on any atom is -0.350 e. The van der Waals surface area contributed by atoms with E-state index in [0.717, 1.165) is 9.87 Å². The zero-order valence-electron chi connectivity index (χ0n) is 23.6. The van der Waals surface area contributed by atoms with Gasteiger partial charge in [0.2, 0.25) is 11.8 Å². The standard InChI is InChI=1S/C30H34Cl3N3O4S/c1-6-27(29(38)34-30(3,4)5)35(18-24-25(32)8-7-9-26(24)33)28(37)19-36(22-14-10-20(2)11-15-22)41(39,40)23-16-12-21(31)13-17-23/h7-17,27H,6,18-19H2,1-5H3,(H,34,38)/t27-/m0/s1. The quantitative estimate of drug-likeness (QED) is 0.263. The smallest absolute Gasteiger partial charge is 0.264 e. The van der Waals surface area contributed by atoms with Crippen LogP contribution in [-0.2, 0) is 26.2 Å². The minimum atomic E-state index is -4.21. The van der Waals surface area contributed by atoms with Gasteiger partial charge in [-0.1, -0.05) is 65.5 Å². The van der Waals surface area contributed by atoms with Gasteiger partial charge in [0.25, 0.3) is 10.0 Å². The molecule has 3 rings (SSSR count). The van der Waals surface area contributed by atoms with Crippen LogP contribution in [0.15, 0.2) is 71.6 Å². The van der Waals surface area contributed by atoms with Crippen molar-refractivity contribution in [1.29, 1.82) is 0 Å². The van der Waals surface area contributed by atoms with Crippen LogP contribution in [0.2, 0.25) is 15.1 Å². The maximum Gasteiger partial charge on any atom is 0.264 e. The molecule has 1 atom stereocenters. The summed E-state index contributed by atoms with van der Waals surface area (Å²) in [6.45, 7) is 8.50. The molecule has 3 aromatic rings. The van der Waals surface area contributed by atoms with Crippen LogP contribution in [0.25, 0.3) is 0 Å². The highest BCUT2D eigenvalue weighted by molar-refractivity contribution is 7.92. The van der Waals surface area contributed by atoms with Crippen molar-refractivity contribution in [1.82, 2.24) is 10.2 Å². The molecule has 0 aliphatic carbocycles. The van der Waals surface area contributed by atoms with E-state index in [0.29, 0.717) is 26.3 Å². The van der Waals surface area contributed by atoms with E-state index in [9.17, 15) is 18.0 Å². The number of amides is 2. The van der Waals surface area contributed by atoms with Crippen molar-refractivity contribution in [3.63, 3.8) is 0 Å². The van der Waals surface area contributed by atoms with E-state index in [4.69, 9.17) is 34.8 Å². The second-order valence-corrected chi connectivity index (χ2v) is 13.8. The number of carbonyl (C=O) groups excluding carboxylic acids is 2. The average molecular weight is 639 g/mol. The van der Waals surface area contributed by atoms with E-state index >= 15 is 0 Å². The fourth-order valence-electron chi connectivity index (χ4n) is 4.20. The summed E-state index contributed by atoms with van der Waals surface area (Å²) in [6.07, 6.45) is 0.268. The number of anilines is 1. The average Bonchev–Trinajstić information content (AvgIpc) is 2.88. The van der Waals surface area contributed by atoms with Gasteiger partial charge in [0.05, 0.1) is 10.6 Å². The van der Waals surface area contributed by atoms with Crippen molar-refractivity contribution in [2.24, 2.45) is 0 Å². The number of nitrogens with one attached hydrogen (secondary N) is 1. The van der Waals surface area contributed by atoms with Crippen LogP contribution in [-0.4, -0.2) is 43.3 Å². The van der Waals surface area contributed by atoms with Crippen molar-refractivity contribution in [2.45, 2.75) is 64.1 Å². The van der Waals surface area contributed by atoms with E-state index in [1.807, 2.05) is 27.7 Å². The number of carbonyl (C=O) groups is 2. The van der Waals surface area contributed by atoms with E-state index in [-0.39, 0.29) is 23.8 Å². The second kappa shape index (κ2) is 13.5. The summed E-state index contributed by atoms with van der Waals surface area (Å²) in [5.41, 5.74) is 1.10. The lowest BCUT2D eigenvalue weighted by Crippen LogP contribution is -2.55. The molecule has 0 aliphatic rings. The molecule has 0 aromatic heterocycles. The number of nitrogens with zero attached hydrogens (tertiary/aromatic N) is 2. The molecule has 3 aromatic carbocycles. The molecule has 7 nitrogen and oxygen atoms in total. The van der Waals surface area contributed by atoms with Crippen molar-refractivity contribution in [3.05, 3.63) is 92.9 Å². The SMILES string of the molecule is CC[C@@H](C(=O)NC(C)(C)C)N(Cc1c(Cl)cccc1Cl)C(=O)CN(c1ccc(C)cc1)S(=O)(=O)c1ccc(Cl)cc1. The van der Waals surface area contributed by atoms with E-state index in [1.54, 1.807) is 49.4 Å². The Bertz CT molecular complexity index is 1470. The third kappa shape index (κ3) is 8.38. The Kier molecular flexibility index (Phi) is 10.7. The molecule has 1 N–H and O–H groups in total. The van der Waals surface area contributed by atoms with Gasteiger partial charge in [0, 0.05) is 32.7 Å². The molecule has 0 fully saturated rings. The molecule has 220 valence electrons. The van der Waals surface area contributed by atoms with Crippen LogP contribution in [0.4, 0.5) is 5.69 Å². The number of sulfonamides is 1. The van der Waals surface area contributed by atoms with Gasteiger partial charge >= 0.3 is 0 Å². The molecule has 0 bridgehead atoms. The summed E-state index contributed by atoms with van der Waals surface area (Å²) >= 11 is 18.9. The van der Waals surface area contributed by atoms with Crippen molar-refractivity contribution in [3.8, 4) is 0 Å². The Hall–Kier alpha value is -2.78. The van der Waals surface area contributed by atoms with Gasteiger partial charge in [-0.3, -0.25) is 13.9 Å². The lowest BCUT2D eigenvalue weighted by molar-refractivity contribution is -0.141. The maximum absolute atomic E-state index is 14.2. The molecular weight excluding hydrogens is 605 g/mol. The van der Waals surface area contributed by atoms with Crippen LogP contribution in [0.3, 0.4) is 0 Å². The summed E-state index contributed by atoms with van der Waals surface area (Å²) in [7, 11) is -4.21. The first-order valence-corrected chi connectivity index (χ1v) is 15.6. The van der Waals surface area contributed by atoms with E-state index in [2.05, 4.69) is 5.32 Å². The van der Waals surface area contributed by atoms with Gasteiger partial charge in [-0.05, 0) is 82.6 Å². The second-order valence-electron chi connectivity index (χ2n) is 10.7. The Morgan fingerprint density at radius 3 is 1.98 bits per heavy atom. The summed E-state index contributed by atoms with van der Waals surface area (Å²) in [6, 6.07) is 16.5. The summed E-state index contributed by atoms with van der Waals surface area (Å²) in [5, 5.41) is 3.95. The van der Waals surface area contributed by atoms with Gasteiger partial charge in [0.1, 0.15) is 12.6 Å². The number of hydrogen-bond acceptors (Lipinski definition) is 4. The fourth-order valence-corrected chi connectivity index (χ4v) is 6.26. The maximum atomic E-state index is 14.2. The topological polar surface area (TPSA) is 86.8 Å². The fraction of sp³-hybridized carbons (Fsp3) is 0.333. The molecule has 0 radical (unpaired) electrons. The number of halogens is 3. The van der Waals surface area contributed by atoms with Crippen LogP contribution in [0.5, 0.6) is 0 Å². The van der Waals surface area contributed by atoms with Gasteiger partial charge < -0.3 is 10.2 Å². The molecule has 0 spiro atoms. The molecule has 0 aliphatic heterocycles. The third-order valence-corrected chi connectivity index (χ3v) is 9.02. The Labute approximate surface area is 257 Å². The Morgan fingerprint density at radius 1 is 0.902 bits per heavy atom. The zero-order chi connectivity index (χ0) is 30.5. The van der Waals surface area contributed by atoms with Crippen LogP contribution in [0, 0.1) is 6.92 Å². The number of hydrogen-bond donors (Lipinski definition) is 1. The molecule has 11 heteroatoms. The van der Waals surface area contributed by atoms with Crippen molar-refractivity contribution < 1.29 is 18.0 Å². The molecule has 41 heavy (non-hydrogen) atoms. The summed E-state index contributed by atoms with van der Waals surface area (Å²) in [5.74, 6) is -0.978. The molecule has 0 unspecified atom stereocenters. The van der Waals surface area contributed by atoms with E-state index < -0.39 is 34.1 Å². The first-order valence-electron chi connectivity index (χ1n) is 13.0. The highest BCUT2D eigenvalue weighted by Crippen LogP contribution is 2.29. The Balaban J connectivity index is 2.11. The summed E-state index contributed by atoms with van der Waals surface area (Å²) < 4.78 is 28.8. The summed E-state index contributed by atoms with van der Waals surface area (Å²) in [4.78, 5) is 28.9. The normalized spacial score (nSPS) is 12.5. The van der Waals surface area contributed by atoms with Gasteiger partial charge in [-0.25, -0.2) is 8.42 Å². The number of rotatable bonds is 10. The third-order valence-electron chi connectivity index (χ3n) is 6.28. The largest absolute Gasteiger partial charge is 0.350 e. The lowest BCUT2D eigenvalue weighted by atomic mass is 10.1. The van der Waals surface area contributed by atoms with Gasteiger partial charge in [-0.15, -0.1) is 0 Å². The molecular formula is C30H34Cl3N3O4S. The van der Waals surface area contributed by atoms with Crippen LogP contribution >= 0.6 is 34.8 Å².